The lowest BCUT2D eigenvalue weighted by atomic mass is 10.4. The van der Waals surface area contributed by atoms with E-state index in [-0.39, 0.29) is 42.3 Å². The van der Waals surface area contributed by atoms with Gasteiger partial charge in [0, 0.05) is 19.6 Å². The van der Waals surface area contributed by atoms with Crippen molar-refractivity contribution in [2.45, 2.75) is 12.3 Å². The molecule has 2 unspecified atom stereocenters. The van der Waals surface area contributed by atoms with Crippen LogP contribution in [0, 0.1) is 0 Å². The number of guanidine groups is 1. The number of carbonyl (C=O) groups excluding carboxylic acids is 1. The van der Waals surface area contributed by atoms with Gasteiger partial charge < -0.3 is 39.3 Å². The maximum absolute atomic E-state index is 11.0. The van der Waals surface area contributed by atoms with E-state index in [4.69, 9.17) is 4.74 Å². The lowest BCUT2D eigenvalue weighted by Gasteiger charge is -2.25. The van der Waals surface area contributed by atoms with Crippen molar-refractivity contribution < 1.29 is 38.5 Å². The quantitative estimate of drug-likeness (QED) is 0.313. The predicted octanol–water partition coefficient (Wildman–Crippen LogP) is -7.08. The number of amides is 2. The molecule has 3 fully saturated rings. The van der Waals surface area contributed by atoms with E-state index in [1.165, 1.54) is 0 Å². The molecule has 2 amide bonds. The Hall–Kier alpha value is -0.810. The Morgan fingerprint density at radius 1 is 1.16 bits per heavy atom. The van der Waals surface area contributed by atoms with E-state index in [1.54, 1.807) is 0 Å². The van der Waals surface area contributed by atoms with Gasteiger partial charge in [-0.15, -0.1) is 0 Å². The van der Waals surface area contributed by atoms with Crippen molar-refractivity contribution in [2.24, 2.45) is 0 Å². The number of ether oxygens (including phenoxy) is 1. The molecule has 3 rings (SSSR count). The topological polar surface area (TPSA) is 91.6 Å². The summed E-state index contributed by atoms with van der Waals surface area (Å²) < 4.78 is 5.30. The molecule has 8 nitrogen and oxygen atoms in total. The zero-order valence-corrected chi connectivity index (χ0v) is 12.7. The molecule has 0 spiro atoms. The van der Waals surface area contributed by atoms with Gasteiger partial charge in [0.1, 0.15) is 0 Å². The monoisotopic (exact) mass is 382 g/mol. The van der Waals surface area contributed by atoms with E-state index in [9.17, 15) is 4.79 Å². The fourth-order valence-electron chi connectivity index (χ4n) is 2.35. The van der Waals surface area contributed by atoms with Gasteiger partial charge in [0.2, 0.25) is 12.3 Å². The van der Waals surface area contributed by atoms with Crippen molar-refractivity contribution in [3.63, 3.8) is 0 Å². The van der Waals surface area contributed by atoms with Crippen LogP contribution in [-0.4, -0.2) is 68.6 Å². The van der Waals surface area contributed by atoms with Crippen LogP contribution >= 0.6 is 0 Å². The molecule has 3 aliphatic heterocycles. The maximum Gasteiger partial charge on any atom is 0.347 e. The minimum absolute atomic E-state index is 0. The van der Waals surface area contributed by atoms with Crippen LogP contribution in [0.1, 0.15) is 0 Å². The molecule has 5 N–H and O–H groups in total. The van der Waals surface area contributed by atoms with Crippen molar-refractivity contribution in [3.8, 4) is 0 Å². The summed E-state index contributed by atoms with van der Waals surface area (Å²) in [4.78, 5) is 16.7. The first-order chi connectivity index (χ1) is 8.81. The smallest absolute Gasteiger partial charge is 0.347 e. The van der Waals surface area contributed by atoms with Gasteiger partial charge in [0.05, 0.1) is 19.8 Å². The average molecular weight is 382 g/mol. The Bertz CT molecular complexity index is 342. The molecule has 0 radical (unpaired) electrons. The normalized spacial score (nSPS) is 29.5. The summed E-state index contributed by atoms with van der Waals surface area (Å²) >= 11 is 0. The van der Waals surface area contributed by atoms with Gasteiger partial charge in [-0.25, -0.2) is 4.79 Å². The van der Waals surface area contributed by atoms with Crippen molar-refractivity contribution >= 4 is 12.0 Å². The number of morpholine rings is 1. The number of hydrogen-bond donors (Lipinski definition) is 5. The van der Waals surface area contributed by atoms with Crippen LogP contribution in [0.15, 0.2) is 0 Å². The number of urea groups is 1. The van der Waals surface area contributed by atoms with Gasteiger partial charge in [0.25, 0.3) is 0 Å². The minimum Gasteiger partial charge on any atom is -1.00 e. The summed E-state index contributed by atoms with van der Waals surface area (Å²) in [7, 11) is 0. The lowest BCUT2D eigenvalue weighted by molar-refractivity contribution is -0.462. The molecular formula is C10H19IN6O2. The Balaban J connectivity index is 0.00000133. The first kappa shape index (κ1) is 14.6. The van der Waals surface area contributed by atoms with Gasteiger partial charge in [0.15, 0.2) is 0 Å². The van der Waals surface area contributed by atoms with E-state index in [0.717, 1.165) is 45.4 Å². The molecule has 3 aliphatic rings. The van der Waals surface area contributed by atoms with Gasteiger partial charge in [-0.05, 0) is 0 Å². The molecule has 0 aromatic rings. The van der Waals surface area contributed by atoms with Crippen LogP contribution in [0.2, 0.25) is 0 Å². The van der Waals surface area contributed by atoms with E-state index in [1.807, 2.05) is 0 Å². The van der Waals surface area contributed by atoms with E-state index < -0.39 is 0 Å². The van der Waals surface area contributed by atoms with E-state index >= 15 is 0 Å². The van der Waals surface area contributed by atoms with Crippen molar-refractivity contribution in [2.75, 3.05) is 39.4 Å². The second-order valence-electron chi connectivity index (χ2n) is 4.62. The molecule has 2 atom stereocenters. The average Bonchev–Trinajstić information content (AvgIpc) is 2.87. The summed E-state index contributed by atoms with van der Waals surface area (Å²) in [5.74, 6) is 0.866. The van der Waals surface area contributed by atoms with Gasteiger partial charge in [-0.1, -0.05) is 0 Å². The SMILES string of the molecule is O=C1NC2NC(=[NH+]CCN3CCOCC3)NC2N1.[I-]. The highest BCUT2D eigenvalue weighted by Crippen LogP contribution is 1.99. The van der Waals surface area contributed by atoms with Crippen molar-refractivity contribution in [1.29, 1.82) is 0 Å². The van der Waals surface area contributed by atoms with Gasteiger partial charge >= 0.3 is 12.0 Å². The summed E-state index contributed by atoms with van der Waals surface area (Å²) in [5.41, 5.74) is 0. The molecule has 108 valence electrons. The number of rotatable bonds is 3. The van der Waals surface area contributed by atoms with Crippen LogP contribution in [0.5, 0.6) is 0 Å². The van der Waals surface area contributed by atoms with Crippen LogP contribution in [0.3, 0.4) is 0 Å². The second kappa shape index (κ2) is 6.57. The van der Waals surface area contributed by atoms with Crippen LogP contribution < -0.4 is 50.2 Å². The van der Waals surface area contributed by atoms with Crippen LogP contribution in [0.4, 0.5) is 4.79 Å². The zero-order chi connectivity index (χ0) is 12.4. The second-order valence-corrected chi connectivity index (χ2v) is 4.62. The molecule has 3 saturated heterocycles. The third-order valence-corrected chi connectivity index (χ3v) is 3.34. The molecule has 19 heavy (non-hydrogen) atoms. The van der Waals surface area contributed by atoms with Crippen molar-refractivity contribution in [1.82, 2.24) is 26.2 Å². The number of nitrogens with zero attached hydrogens (tertiary/aromatic N) is 1. The highest BCUT2D eigenvalue weighted by atomic mass is 127. The molecule has 0 aromatic carbocycles. The molecule has 0 bridgehead atoms. The number of halogens is 1. The highest BCUT2D eigenvalue weighted by Gasteiger charge is 2.43. The molecule has 0 aromatic heterocycles. The number of nitrogens with one attached hydrogen (secondary N) is 5. The molecule has 0 aliphatic carbocycles. The molecular weight excluding hydrogens is 363 g/mol. The standard InChI is InChI=1S/C10H18N6O2.HI/c17-10-14-7-8(15-10)13-9(12-7)11-1-2-16-3-5-18-6-4-16;/h7-8H,1-6H2,(H2,11,12,13)(H2,14,15,17);1H. The first-order valence-electron chi connectivity index (χ1n) is 6.32. The number of fused-ring (bicyclic) bond motifs is 1. The Kier molecular flexibility index (Phi) is 5.05. The highest BCUT2D eigenvalue weighted by molar-refractivity contribution is 5.84. The fourth-order valence-corrected chi connectivity index (χ4v) is 2.35. The Labute approximate surface area is 128 Å². The minimum atomic E-state index is -0.141. The Morgan fingerprint density at radius 3 is 2.42 bits per heavy atom. The van der Waals surface area contributed by atoms with Gasteiger partial charge in [-0.2, -0.15) is 0 Å². The maximum atomic E-state index is 11.0. The fraction of sp³-hybridized carbons (Fsp3) is 0.800. The van der Waals surface area contributed by atoms with E-state index in [2.05, 4.69) is 31.2 Å². The molecule has 9 heteroatoms. The third-order valence-electron chi connectivity index (χ3n) is 3.34. The van der Waals surface area contributed by atoms with Gasteiger partial charge in [-0.3, -0.25) is 20.5 Å². The molecule has 3 heterocycles. The lowest BCUT2D eigenvalue weighted by Crippen LogP contribution is -3.00. The summed E-state index contributed by atoms with van der Waals surface area (Å²) in [6.07, 6.45) is -0.133. The van der Waals surface area contributed by atoms with Crippen LogP contribution in [0.25, 0.3) is 0 Å². The predicted molar refractivity (Wildman–Crippen MR) is 63.6 cm³/mol. The first-order valence-corrected chi connectivity index (χ1v) is 6.32. The van der Waals surface area contributed by atoms with E-state index in [0.29, 0.717) is 0 Å². The van der Waals surface area contributed by atoms with Crippen LogP contribution in [-0.2, 0) is 4.74 Å². The number of carbonyl (C=O) groups is 1. The largest absolute Gasteiger partial charge is 1.00 e. The summed E-state index contributed by atoms with van der Waals surface area (Å²) in [6.45, 7) is 5.51. The summed E-state index contributed by atoms with van der Waals surface area (Å²) in [5, 5.41) is 11.9. The third kappa shape index (κ3) is 3.60. The number of hydrogen-bond acceptors (Lipinski definition) is 3. The summed E-state index contributed by atoms with van der Waals surface area (Å²) in [6, 6.07) is -0.141. The zero-order valence-electron chi connectivity index (χ0n) is 10.5. The Morgan fingerprint density at radius 2 is 1.79 bits per heavy atom. The molecule has 0 saturated carbocycles. The van der Waals surface area contributed by atoms with Crippen molar-refractivity contribution in [3.05, 3.63) is 0 Å².